The molecular weight excluding hydrogens is 276 g/mol. The van der Waals surface area contributed by atoms with Gasteiger partial charge in [-0.3, -0.25) is 9.80 Å². The molecule has 0 aliphatic carbocycles. The molecule has 0 bridgehead atoms. The topological polar surface area (TPSA) is 56.2 Å². The summed E-state index contributed by atoms with van der Waals surface area (Å²) in [6.45, 7) is 6.42. The largest absolute Gasteiger partial charge is 0.395 e. The van der Waals surface area contributed by atoms with Crippen molar-refractivity contribution < 1.29 is 14.9 Å². The van der Waals surface area contributed by atoms with Crippen molar-refractivity contribution in [2.75, 3.05) is 52.5 Å². The van der Waals surface area contributed by atoms with E-state index < -0.39 is 6.10 Å². The Labute approximate surface area is 124 Å². The van der Waals surface area contributed by atoms with Crippen molar-refractivity contribution >= 4 is 11.3 Å². The van der Waals surface area contributed by atoms with E-state index in [1.807, 2.05) is 17.5 Å². The lowest BCUT2D eigenvalue weighted by Gasteiger charge is -2.35. The Kier molecular flexibility index (Phi) is 6.92. The van der Waals surface area contributed by atoms with Crippen molar-refractivity contribution in [1.29, 1.82) is 0 Å². The molecule has 20 heavy (non-hydrogen) atoms. The first-order valence-corrected chi connectivity index (χ1v) is 7.99. The molecule has 2 heterocycles. The summed E-state index contributed by atoms with van der Waals surface area (Å²) in [6, 6.07) is 4.04. The molecule has 1 unspecified atom stereocenters. The highest BCUT2D eigenvalue weighted by Crippen LogP contribution is 2.10. The monoisotopic (exact) mass is 300 g/mol. The normalized spacial score (nSPS) is 19.3. The third-order valence-corrected chi connectivity index (χ3v) is 4.33. The molecule has 1 saturated heterocycles. The summed E-state index contributed by atoms with van der Waals surface area (Å²) in [4.78, 5) is 5.69. The Bertz CT molecular complexity index is 353. The maximum absolute atomic E-state index is 9.98. The minimum Gasteiger partial charge on any atom is -0.395 e. The molecule has 2 N–H and O–H groups in total. The number of hydrogen-bond acceptors (Lipinski definition) is 6. The molecule has 1 fully saturated rings. The van der Waals surface area contributed by atoms with E-state index in [-0.39, 0.29) is 6.61 Å². The molecule has 114 valence electrons. The van der Waals surface area contributed by atoms with Gasteiger partial charge in [-0.1, -0.05) is 6.07 Å². The lowest BCUT2D eigenvalue weighted by atomic mass is 10.2. The first-order valence-electron chi connectivity index (χ1n) is 7.11. The van der Waals surface area contributed by atoms with Gasteiger partial charge in [0.2, 0.25) is 0 Å². The van der Waals surface area contributed by atoms with Crippen molar-refractivity contribution in [2.24, 2.45) is 0 Å². The van der Waals surface area contributed by atoms with E-state index in [4.69, 9.17) is 9.84 Å². The van der Waals surface area contributed by atoms with Gasteiger partial charge in [0.15, 0.2) is 0 Å². The molecular formula is C14H24N2O3S. The third-order valence-electron chi connectivity index (χ3n) is 3.48. The Morgan fingerprint density at radius 3 is 2.65 bits per heavy atom. The van der Waals surface area contributed by atoms with Crippen LogP contribution in [0.1, 0.15) is 4.88 Å². The molecule has 1 atom stereocenters. The summed E-state index contributed by atoms with van der Waals surface area (Å²) in [6.07, 6.45) is -0.431. The van der Waals surface area contributed by atoms with Crippen molar-refractivity contribution in [3.63, 3.8) is 0 Å². The Morgan fingerprint density at radius 1 is 1.25 bits per heavy atom. The first-order chi connectivity index (χ1) is 9.78. The number of hydrogen-bond donors (Lipinski definition) is 2. The van der Waals surface area contributed by atoms with Crippen LogP contribution in [0.3, 0.4) is 0 Å². The fourth-order valence-electron chi connectivity index (χ4n) is 2.38. The Morgan fingerprint density at radius 2 is 2.00 bits per heavy atom. The van der Waals surface area contributed by atoms with Crippen LogP contribution in [0.5, 0.6) is 0 Å². The zero-order valence-corrected chi connectivity index (χ0v) is 12.6. The molecule has 6 heteroatoms. The zero-order chi connectivity index (χ0) is 14.2. The van der Waals surface area contributed by atoms with E-state index in [1.54, 1.807) is 11.3 Å². The van der Waals surface area contributed by atoms with Crippen molar-refractivity contribution in [2.45, 2.75) is 12.7 Å². The second kappa shape index (κ2) is 8.71. The average molecular weight is 300 g/mol. The van der Waals surface area contributed by atoms with E-state index in [9.17, 15) is 5.11 Å². The first kappa shape index (κ1) is 15.9. The summed E-state index contributed by atoms with van der Waals surface area (Å²) < 4.78 is 5.53. The number of ether oxygens (including phenoxy) is 1. The number of piperazine rings is 1. The predicted molar refractivity (Wildman–Crippen MR) is 79.9 cm³/mol. The van der Waals surface area contributed by atoms with Gasteiger partial charge in [-0.05, 0) is 11.4 Å². The highest BCUT2D eigenvalue weighted by Gasteiger charge is 2.18. The van der Waals surface area contributed by atoms with E-state index in [0.717, 1.165) is 32.7 Å². The Balaban J connectivity index is 1.57. The van der Waals surface area contributed by atoms with E-state index in [1.165, 1.54) is 4.88 Å². The molecule has 1 aromatic heterocycles. The van der Waals surface area contributed by atoms with Gasteiger partial charge in [-0.15, -0.1) is 11.3 Å². The van der Waals surface area contributed by atoms with Gasteiger partial charge in [-0.2, -0.15) is 0 Å². The van der Waals surface area contributed by atoms with Gasteiger partial charge >= 0.3 is 0 Å². The lowest BCUT2D eigenvalue weighted by Crippen LogP contribution is -2.49. The van der Waals surface area contributed by atoms with E-state index >= 15 is 0 Å². The molecule has 0 amide bonds. The van der Waals surface area contributed by atoms with Gasteiger partial charge in [0.1, 0.15) is 0 Å². The van der Waals surface area contributed by atoms with Gasteiger partial charge in [0.25, 0.3) is 0 Å². The fraction of sp³-hybridized carbons (Fsp3) is 0.714. The van der Waals surface area contributed by atoms with Crippen LogP contribution in [-0.2, 0) is 11.3 Å². The highest BCUT2D eigenvalue weighted by atomic mass is 32.1. The van der Waals surface area contributed by atoms with Crippen LogP contribution < -0.4 is 0 Å². The van der Waals surface area contributed by atoms with Crippen molar-refractivity contribution in [3.05, 3.63) is 22.4 Å². The van der Waals surface area contributed by atoms with E-state index in [0.29, 0.717) is 19.8 Å². The van der Waals surface area contributed by atoms with Crippen molar-refractivity contribution in [3.8, 4) is 0 Å². The minimum absolute atomic E-state index is 0.221. The molecule has 5 nitrogen and oxygen atoms in total. The van der Waals surface area contributed by atoms with Gasteiger partial charge < -0.3 is 14.9 Å². The standard InChI is InChI=1S/C14H24N2O3S/c17-8-7-15-3-5-16(6-4-15)10-13(18)11-19-12-14-2-1-9-20-14/h1-2,9,13,17-18H,3-8,10-12H2. The van der Waals surface area contributed by atoms with Crippen LogP contribution >= 0.6 is 11.3 Å². The maximum atomic E-state index is 9.98. The predicted octanol–water partition coefficient (Wildman–Crippen LogP) is 0.236. The van der Waals surface area contributed by atoms with Gasteiger partial charge in [0.05, 0.1) is 25.9 Å². The summed E-state index contributed by atoms with van der Waals surface area (Å²) in [5.41, 5.74) is 0. The summed E-state index contributed by atoms with van der Waals surface area (Å²) in [5.74, 6) is 0. The number of aliphatic hydroxyl groups excluding tert-OH is 2. The summed E-state index contributed by atoms with van der Waals surface area (Å²) in [7, 11) is 0. The summed E-state index contributed by atoms with van der Waals surface area (Å²) >= 11 is 1.67. The smallest absolute Gasteiger partial charge is 0.0900 e. The average Bonchev–Trinajstić information content (AvgIpc) is 2.94. The molecule has 0 spiro atoms. The second-order valence-corrected chi connectivity index (χ2v) is 6.15. The number of thiophene rings is 1. The fourth-order valence-corrected chi connectivity index (χ4v) is 3.02. The van der Waals surface area contributed by atoms with Crippen LogP contribution in [0.4, 0.5) is 0 Å². The van der Waals surface area contributed by atoms with Gasteiger partial charge in [0, 0.05) is 44.1 Å². The van der Waals surface area contributed by atoms with Crippen molar-refractivity contribution in [1.82, 2.24) is 9.80 Å². The number of rotatable bonds is 8. The zero-order valence-electron chi connectivity index (χ0n) is 11.8. The Hall–Kier alpha value is -0.500. The van der Waals surface area contributed by atoms with Crippen LogP contribution in [0.25, 0.3) is 0 Å². The number of aliphatic hydroxyl groups is 2. The molecule has 1 aromatic rings. The van der Waals surface area contributed by atoms with E-state index in [2.05, 4.69) is 9.80 Å². The maximum Gasteiger partial charge on any atom is 0.0900 e. The third kappa shape index (κ3) is 5.47. The molecule has 0 saturated carbocycles. The highest BCUT2D eigenvalue weighted by molar-refractivity contribution is 7.09. The number of nitrogens with zero attached hydrogens (tertiary/aromatic N) is 2. The SMILES string of the molecule is OCCN1CCN(CC(O)COCc2cccs2)CC1. The van der Waals surface area contributed by atoms with Crippen LogP contribution in [0.15, 0.2) is 17.5 Å². The molecule has 2 rings (SSSR count). The second-order valence-electron chi connectivity index (χ2n) is 5.11. The van der Waals surface area contributed by atoms with Crippen LogP contribution in [0, 0.1) is 0 Å². The van der Waals surface area contributed by atoms with Gasteiger partial charge in [-0.25, -0.2) is 0 Å². The summed E-state index contributed by atoms with van der Waals surface area (Å²) in [5, 5.41) is 20.9. The molecule has 1 aliphatic rings. The lowest BCUT2D eigenvalue weighted by molar-refractivity contribution is 0.00116. The molecule has 0 radical (unpaired) electrons. The minimum atomic E-state index is -0.431. The van der Waals surface area contributed by atoms with Crippen LogP contribution in [-0.4, -0.2) is 78.6 Å². The molecule has 1 aliphatic heterocycles. The van der Waals surface area contributed by atoms with Crippen LogP contribution in [0.2, 0.25) is 0 Å². The molecule has 0 aromatic carbocycles. The number of β-amino-alcohol motifs (C(OH)–C–C–N with tert-alkyl or cyclic N) is 2. The quantitative estimate of drug-likeness (QED) is 0.720.